The van der Waals surface area contributed by atoms with Crippen LogP contribution in [0.2, 0.25) is 0 Å². The van der Waals surface area contributed by atoms with Crippen LogP contribution in [-0.4, -0.2) is 22.5 Å². The molecule has 5 heteroatoms. The number of anilines is 1. The van der Waals surface area contributed by atoms with Crippen LogP contribution in [-0.2, 0) is 0 Å². The summed E-state index contributed by atoms with van der Waals surface area (Å²) in [6, 6.07) is 6.22. The normalized spacial score (nSPS) is 15.2. The van der Waals surface area contributed by atoms with Gasteiger partial charge in [0.2, 0.25) is 0 Å². The largest absolute Gasteiger partial charge is 0.478 e. The lowest BCUT2D eigenvalue weighted by Crippen LogP contribution is -2.26. The van der Waals surface area contributed by atoms with Gasteiger partial charge in [0.25, 0.3) is 5.70 Å². The number of rotatable bonds is 2. The smallest absolute Gasteiger partial charge is 0.335 e. The van der Waals surface area contributed by atoms with Crippen LogP contribution in [0.1, 0.15) is 17.3 Å². The predicted molar refractivity (Wildman–Crippen MR) is 58.1 cm³/mol. The van der Waals surface area contributed by atoms with Crippen molar-refractivity contribution >= 4 is 11.7 Å². The lowest BCUT2D eigenvalue weighted by molar-refractivity contribution is -0.502. The molecule has 0 radical (unpaired) electrons. The molecule has 0 spiro atoms. The number of hydrogen-bond donors (Lipinski definition) is 1. The van der Waals surface area contributed by atoms with Crippen LogP contribution in [0.3, 0.4) is 0 Å². The number of nitrogens with zero attached hydrogens (tertiary/aromatic N) is 2. The maximum Gasteiger partial charge on any atom is 0.335 e. The first kappa shape index (κ1) is 10.4. The molecule has 1 heterocycles. The van der Waals surface area contributed by atoms with Crippen molar-refractivity contribution in [3.63, 3.8) is 0 Å². The van der Waals surface area contributed by atoms with E-state index in [0.717, 1.165) is 4.87 Å². The Morgan fingerprint density at radius 3 is 2.44 bits per heavy atom. The van der Waals surface area contributed by atoms with E-state index in [9.17, 15) is 9.70 Å². The van der Waals surface area contributed by atoms with Crippen molar-refractivity contribution < 1.29 is 14.8 Å². The molecule has 1 aromatic carbocycles. The Balaban J connectivity index is 2.24. The van der Waals surface area contributed by atoms with Crippen molar-refractivity contribution in [2.75, 3.05) is 11.6 Å². The average molecular weight is 219 g/mol. The fraction of sp³-hybridized carbons (Fsp3) is 0.182. The molecule has 0 aliphatic carbocycles. The second-order valence-electron chi connectivity index (χ2n) is 3.55. The van der Waals surface area contributed by atoms with Gasteiger partial charge in [0.05, 0.1) is 10.5 Å². The quantitative estimate of drug-likeness (QED) is 0.770. The molecule has 0 aromatic heterocycles. The Hall–Kier alpha value is -2.17. The van der Waals surface area contributed by atoms with E-state index in [1.54, 1.807) is 19.1 Å². The topological polar surface area (TPSA) is 60.6 Å². The van der Waals surface area contributed by atoms with Gasteiger partial charge in [-0.05, 0) is 24.3 Å². The van der Waals surface area contributed by atoms with Crippen molar-refractivity contribution in [2.45, 2.75) is 6.92 Å². The molecule has 0 atom stereocenters. The number of carboxylic acids is 1. The van der Waals surface area contributed by atoms with Gasteiger partial charge in [0, 0.05) is 13.0 Å². The van der Waals surface area contributed by atoms with E-state index in [1.165, 1.54) is 17.1 Å². The zero-order chi connectivity index (χ0) is 11.7. The SMILES string of the molecule is CC1=CCN(c2ccc(C(=O)O)cc2)[N+]1=O. The second kappa shape index (κ2) is 3.77. The maximum atomic E-state index is 11.6. The molecular weight excluding hydrogens is 208 g/mol. The molecule has 16 heavy (non-hydrogen) atoms. The van der Waals surface area contributed by atoms with E-state index in [-0.39, 0.29) is 5.56 Å². The molecular formula is C11H11N2O3+. The summed E-state index contributed by atoms with van der Waals surface area (Å²) in [5.41, 5.74) is 1.54. The fourth-order valence-corrected chi connectivity index (χ4v) is 1.55. The highest BCUT2D eigenvalue weighted by atomic mass is 16.4. The van der Waals surface area contributed by atoms with E-state index in [4.69, 9.17) is 5.11 Å². The Kier molecular flexibility index (Phi) is 2.44. The van der Waals surface area contributed by atoms with Crippen molar-refractivity contribution in [3.05, 3.63) is 46.5 Å². The molecule has 5 nitrogen and oxygen atoms in total. The van der Waals surface area contributed by atoms with Crippen LogP contribution < -0.4 is 5.01 Å². The van der Waals surface area contributed by atoms with Crippen LogP contribution in [0.5, 0.6) is 0 Å². The zero-order valence-corrected chi connectivity index (χ0v) is 8.75. The highest BCUT2D eigenvalue weighted by Crippen LogP contribution is 2.21. The highest BCUT2D eigenvalue weighted by molar-refractivity contribution is 5.88. The van der Waals surface area contributed by atoms with Gasteiger partial charge >= 0.3 is 5.97 Å². The molecule has 0 saturated heterocycles. The summed E-state index contributed by atoms with van der Waals surface area (Å²) in [6.45, 7) is 2.25. The van der Waals surface area contributed by atoms with Crippen molar-refractivity contribution in [3.8, 4) is 0 Å². The van der Waals surface area contributed by atoms with Crippen LogP contribution in [0.25, 0.3) is 0 Å². The van der Waals surface area contributed by atoms with Gasteiger partial charge < -0.3 is 5.11 Å². The van der Waals surface area contributed by atoms with E-state index in [2.05, 4.69) is 0 Å². The van der Waals surface area contributed by atoms with E-state index in [1.807, 2.05) is 6.08 Å². The number of nitroso groups, excluding NO2 is 1. The molecule has 2 rings (SSSR count). The summed E-state index contributed by atoms with van der Waals surface area (Å²) in [5, 5.41) is 10.3. The summed E-state index contributed by atoms with van der Waals surface area (Å²) >= 11 is 0. The third kappa shape index (κ3) is 1.67. The monoisotopic (exact) mass is 219 g/mol. The molecule has 0 unspecified atom stereocenters. The lowest BCUT2D eigenvalue weighted by Gasteiger charge is -2.07. The molecule has 82 valence electrons. The molecule has 0 amide bonds. The lowest BCUT2D eigenvalue weighted by atomic mass is 10.2. The number of aromatic carboxylic acids is 1. The predicted octanol–water partition coefficient (Wildman–Crippen LogP) is 1.80. The van der Waals surface area contributed by atoms with E-state index in [0.29, 0.717) is 17.9 Å². The number of benzene rings is 1. The molecule has 1 N–H and O–H groups in total. The Bertz CT molecular complexity index is 477. The Morgan fingerprint density at radius 2 is 2.00 bits per heavy atom. The van der Waals surface area contributed by atoms with Crippen LogP contribution in [0.4, 0.5) is 5.69 Å². The maximum absolute atomic E-state index is 11.6. The van der Waals surface area contributed by atoms with E-state index < -0.39 is 5.97 Å². The molecule has 1 aliphatic heterocycles. The second-order valence-corrected chi connectivity index (χ2v) is 3.55. The number of hydrazine groups is 1. The van der Waals surface area contributed by atoms with Gasteiger partial charge in [-0.25, -0.2) is 4.79 Å². The summed E-state index contributed by atoms with van der Waals surface area (Å²) in [7, 11) is 0. The molecule has 0 fully saturated rings. The number of carbonyl (C=O) groups is 1. The van der Waals surface area contributed by atoms with E-state index >= 15 is 0 Å². The number of hydrogen-bond acceptors (Lipinski definition) is 2. The van der Waals surface area contributed by atoms with Gasteiger partial charge in [0.1, 0.15) is 12.2 Å². The first-order chi connectivity index (χ1) is 7.59. The number of carboxylic acid groups (broad SMARTS) is 1. The molecule has 0 bridgehead atoms. The van der Waals surface area contributed by atoms with Crippen LogP contribution in [0.15, 0.2) is 36.0 Å². The molecule has 0 saturated carbocycles. The number of allylic oxidation sites excluding steroid dienone is 1. The molecule has 1 aromatic rings. The minimum Gasteiger partial charge on any atom is -0.478 e. The Labute approximate surface area is 92.2 Å². The van der Waals surface area contributed by atoms with Gasteiger partial charge in [-0.1, -0.05) is 5.01 Å². The standard InChI is InChI=1S/C11H10N2O3/c1-8-6-7-12(13(8)16)10-4-2-9(3-5-10)11(14)15/h2-6H,7H2,1H3/p+1. The van der Waals surface area contributed by atoms with Crippen molar-refractivity contribution in [1.29, 1.82) is 0 Å². The average Bonchev–Trinajstić information content (AvgIpc) is 2.60. The third-order valence-corrected chi connectivity index (χ3v) is 2.49. The van der Waals surface area contributed by atoms with Gasteiger partial charge in [-0.3, -0.25) is 0 Å². The summed E-state index contributed by atoms with van der Waals surface area (Å²) in [4.78, 5) is 23.0. The zero-order valence-electron chi connectivity index (χ0n) is 8.75. The van der Waals surface area contributed by atoms with Gasteiger partial charge in [0.15, 0.2) is 4.87 Å². The first-order valence-corrected chi connectivity index (χ1v) is 4.84. The van der Waals surface area contributed by atoms with Gasteiger partial charge in [-0.15, -0.1) is 0 Å². The van der Waals surface area contributed by atoms with Crippen molar-refractivity contribution in [2.24, 2.45) is 0 Å². The highest BCUT2D eigenvalue weighted by Gasteiger charge is 2.30. The minimum atomic E-state index is -0.971. The Morgan fingerprint density at radius 1 is 1.38 bits per heavy atom. The summed E-state index contributed by atoms with van der Waals surface area (Å²) < 4.78 is 0. The third-order valence-electron chi connectivity index (χ3n) is 2.49. The van der Waals surface area contributed by atoms with Crippen LogP contribution in [0, 0.1) is 4.91 Å². The minimum absolute atomic E-state index is 0.213. The summed E-state index contributed by atoms with van der Waals surface area (Å²) in [6.07, 6.45) is 1.82. The summed E-state index contributed by atoms with van der Waals surface area (Å²) in [5.74, 6) is -0.971. The molecule has 1 aliphatic rings. The van der Waals surface area contributed by atoms with Crippen LogP contribution >= 0.6 is 0 Å². The fourth-order valence-electron chi connectivity index (χ4n) is 1.55. The first-order valence-electron chi connectivity index (χ1n) is 4.84. The van der Waals surface area contributed by atoms with Gasteiger partial charge in [-0.2, -0.15) is 0 Å². The van der Waals surface area contributed by atoms with Crippen molar-refractivity contribution in [1.82, 2.24) is 0 Å².